The fraction of sp³-hybridized carbons (Fsp3) is 1.00. The van der Waals surface area contributed by atoms with Gasteiger partial charge in [0.2, 0.25) is 0 Å². The quantitative estimate of drug-likeness (QED) is 0.702. The van der Waals surface area contributed by atoms with Gasteiger partial charge in [0.15, 0.2) is 0 Å². The number of ether oxygens (including phenoxy) is 1. The molecule has 1 fully saturated rings. The van der Waals surface area contributed by atoms with Crippen LogP contribution in [0.4, 0.5) is 0 Å². The third-order valence-electron chi connectivity index (χ3n) is 2.42. The van der Waals surface area contributed by atoms with Crippen molar-refractivity contribution in [2.75, 3.05) is 33.4 Å². The minimum Gasteiger partial charge on any atom is -0.381 e. The Morgan fingerprint density at radius 1 is 1.62 bits per heavy atom. The summed E-state index contributed by atoms with van der Waals surface area (Å²) in [4.78, 5) is 2.31. The largest absolute Gasteiger partial charge is 0.381 e. The number of nitrogens with zero attached hydrogens (tertiary/aromatic N) is 1. The summed E-state index contributed by atoms with van der Waals surface area (Å²) in [6.45, 7) is 6.04. The Labute approximate surface area is 81.2 Å². The SMILES string of the molecule is CC(N)CN(C)CC1CCCOC1. The summed E-state index contributed by atoms with van der Waals surface area (Å²) in [5.41, 5.74) is 5.73. The van der Waals surface area contributed by atoms with Gasteiger partial charge in [-0.3, -0.25) is 0 Å². The average molecular weight is 186 g/mol. The van der Waals surface area contributed by atoms with E-state index in [1.807, 2.05) is 6.92 Å². The zero-order valence-electron chi connectivity index (χ0n) is 8.83. The second kappa shape index (κ2) is 5.58. The lowest BCUT2D eigenvalue weighted by Gasteiger charge is -2.27. The van der Waals surface area contributed by atoms with Gasteiger partial charge in [-0.05, 0) is 32.7 Å². The molecule has 2 N–H and O–H groups in total. The molecule has 13 heavy (non-hydrogen) atoms. The Morgan fingerprint density at radius 3 is 2.92 bits per heavy atom. The summed E-state index contributed by atoms with van der Waals surface area (Å²) < 4.78 is 5.43. The molecule has 0 bridgehead atoms. The van der Waals surface area contributed by atoms with Gasteiger partial charge < -0.3 is 15.4 Å². The molecule has 0 radical (unpaired) electrons. The van der Waals surface area contributed by atoms with Crippen LogP contribution in [0.25, 0.3) is 0 Å². The fourth-order valence-electron chi connectivity index (χ4n) is 1.96. The second-order valence-corrected chi connectivity index (χ2v) is 4.28. The molecule has 78 valence electrons. The van der Waals surface area contributed by atoms with Crippen LogP contribution >= 0.6 is 0 Å². The minimum absolute atomic E-state index is 0.273. The van der Waals surface area contributed by atoms with Gasteiger partial charge in [0.25, 0.3) is 0 Å². The maximum absolute atomic E-state index is 5.73. The van der Waals surface area contributed by atoms with Crippen molar-refractivity contribution in [2.24, 2.45) is 11.7 Å². The summed E-state index contributed by atoms with van der Waals surface area (Å²) in [6.07, 6.45) is 2.53. The second-order valence-electron chi connectivity index (χ2n) is 4.28. The molecule has 0 aliphatic carbocycles. The summed E-state index contributed by atoms with van der Waals surface area (Å²) >= 11 is 0. The standard InChI is InChI=1S/C10H22N2O/c1-9(11)6-12(2)7-10-4-3-5-13-8-10/h9-10H,3-8,11H2,1-2H3. The first-order valence-electron chi connectivity index (χ1n) is 5.20. The van der Waals surface area contributed by atoms with Gasteiger partial charge in [0.05, 0.1) is 6.61 Å². The molecular weight excluding hydrogens is 164 g/mol. The van der Waals surface area contributed by atoms with E-state index in [0.29, 0.717) is 0 Å². The van der Waals surface area contributed by atoms with E-state index in [1.54, 1.807) is 0 Å². The van der Waals surface area contributed by atoms with E-state index in [9.17, 15) is 0 Å². The maximum Gasteiger partial charge on any atom is 0.0506 e. The fourth-order valence-corrected chi connectivity index (χ4v) is 1.96. The normalized spacial score (nSPS) is 26.3. The molecule has 1 rings (SSSR count). The summed E-state index contributed by atoms with van der Waals surface area (Å²) in [7, 11) is 2.14. The zero-order chi connectivity index (χ0) is 9.68. The van der Waals surface area contributed by atoms with E-state index in [4.69, 9.17) is 10.5 Å². The van der Waals surface area contributed by atoms with Crippen molar-refractivity contribution in [1.82, 2.24) is 4.90 Å². The minimum atomic E-state index is 0.273. The lowest BCUT2D eigenvalue weighted by atomic mass is 10.0. The first-order valence-corrected chi connectivity index (χ1v) is 5.20. The van der Waals surface area contributed by atoms with E-state index in [-0.39, 0.29) is 6.04 Å². The summed E-state index contributed by atoms with van der Waals surface area (Å²) in [6, 6.07) is 0.273. The molecule has 3 nitrogen and oxygen atoms in total. The number of hydrogen-bond acceptors (Lipinski definition) is 3. The molecule has 0 saturated carbocycles. The highest BCUT2D eigenvalue weighted by Gasteiger charge is 2.15. The number of rotatable bonds is 4. The van der Waals surface area contributed by atoms with Crippen LogP contribution < -0.4 is 5.73 Å². The molecule has 2 atom stereocenters. The van der Waals surface area contributed by atoms with Crippen LogP contribution in [-0.2, 0) is 4.74 Å². The molecule has 3 heteroatoms. The van der Waals surface area contributed by atoms with Crippen molar-refractivity contribution >= 4 is 0 Å². The van der Waals surface area contributed by atoms with E-state index in [1.165, 1.54) is 12.8 Å². The van der Waals surface area contributed by atoms with Gasteiger partial charge in [0, 0.05) is 25.7 Å². The van der Waals surface area contributed by atoms with Crippen LogP contribution in [0.3, 0.4) is 0 Å². The molecule has 0 aromatic carbocycles. The van der Waals surface area contributed by atoms with Crippen molar-refractivity contribution in [3.05, 3.63) is 0 Å². The molecule has 1 aliphatic heterocycles. The summed E-state index contributed by atoms with van der Waals surface area (Å²) in [5, 5.41) is 0. The Balaban J connectivity index is 2.14. The monoisotopic (exact) mass is 186 g/mol. The maximum atomic E-state index is 5.73. The third-order valence-corrected chi connectivity index (χ3v) is 2.42. The Bertz CT molecular complexity index is 133. The Kier molecular flexibility index (Phi) is 4.70. The molecule has 1 saturated heterocycles. The van der Waals surface area contributed by atoms with Crippen LogP contribution in [0.15, 0.2) is 0 Å². The smallest absolute Gasteiger partial charge is 0.0506 e. The van der Waals surface area contributed by atoms with Crippen molar-refractivity contribution in [3.63, 3.8) is 0 Å². The van der Waals surface area contributed by atoms with Crippen LogP contribution in [0, 0.1) is 5.92 Å². The Morgan fingerprint density at radius 2 is 2.38 bits per heavy atom. The molecule has 1 heterocycles. The molecule has 2 unspecified atom stereocenters. The lowest BCUT2D eigenvalue weighted by Crippen LogP contribution is -2.37. The van der Waals surface area contributed by atoms with Crippen molar-refractivity contribution < 1.29 is 4.74 Å². The van der Waals surface area contributed by atoms with E-state index in [0.717, 1.165) is 32.2 Å². The van der Waals surface area contributed by atoms with Gasteiger partial charge in [-0.15, -0.1) is 0 Å². The molecule has 0 spiro atoms. The van der Waals surface area contributed by atoms with Gasteiger partial charge >= 0.3 is 0 Å². The highest BCUT2D eigenvalue weighted by Crippen LogP contribution is 2.14. The van der Waals surface area contributed by atoms with Gasteiger partial charge in [-0.25, -0.2) is 0 Å². The Hall–Kier alpha value is -0.120. The topological polar surface area (TPSA) is 38.5 Å². The zero-order valence-corrected chi connectivity index (χ0v) is 8.83. The molecule has 1 aliphatic rings. The van der Waals surface area contributed by atoms with Crippen LogP contribution in [0.2, 0.25) is 0 Å². The van der Waals surface area contributed by atoms with E-state index < -0.39 is 0 Å². The van der Waals surface area contributed by atoms with Crippen LogP contribution in [0.1, 0.15) is 19.8 Å². The first-order chi connectivity index (χ1) is 6.18. The van der Waals surface area contributed by atoms with Crippen molar-refractivity contribution in [3.8, 4) is 0 Å². The highest BCUT2D eigenvalue weighted by molar-refractivity contribution is 4.68. The van der Waals surface area contributed by atoms with E-state index >= 15 is 0 Å². The number of likely N-dealkylation sites (N-methyl/N-ethyl adjacent to an activating group) is 1. The molecule has 0 aromatic rings. The molecular formula is C10H22N2O. The summed E-state index contributed by atoms with van der Waals surface area (Å²) in [5.74, 6) is 0.720. The van der Waals surface area contributed by atoms with Crippen LogP contribution in [-0.4, -0.2) is 44.3 Å². The molecule has 0 aromatic heterocycles. The number of nitrogens with two attached hydrogens (primary N) is 1. The predicted molar refractivity (Wildman–Crippen MR) is 54.7 cm³/mol. The van der Waals surface area contributed by atoms with Crippen molar-refractivity contribution in [2.45, 2.75) is 25.8 Å². The van der Waals surface area contributed by atoms with Crippen molar-refractivity contribution in [1.29, 1.82) is 0 Å². The van der Waals surface area contributed by atoms with Gasteiger partial charge in [-0.2, -0.15) is 0 Å². The van der Waals surface area contributed by atoms with E-state index in [2.05, 4.69) is 11.9 Å². The van der Waals surface area contributed by atoms with Gasteiger partial charge in [-0.1, -0.05) is 0 Å². The molecule has 0 amide bonds. The average Bonchev–Trinajstić information content (AvgIpc) is 2.04. The lowest BCUT2D eigenvalue weighted by molar-refractivity contribution is 0.0416. The number of hydrogen-bond donors (Lipinski definition) is 1. The van der Waals surface area contributed by atoms with Crippen LogP contribution in [0.5, 0.6) is 0 Å². The first kappa shape index (κ1) is 11.0. The predicted octanol–water partition coefficient (Wildman–Crippen LogP) is 0.692. The van der Waals surface area contributed by atoms with Gasteiger partial charge in [0.1, 0.15) is 0 Å². The highest BCUT2D eigenvalue weighted by atomic mass is 16.5. The third kappa shape index (κ3) is 4.60.